The van der Waals surface area contributed by atoms with Gasteiger partial charge >= 0.3 is 0 Å². The summed E-state index contributed by atoms with van der Waals surface area (Å²) in [4.78, 5) is 12.2. The molecule has 2 heterocycles. The average Bonchev–Trinajstić information content (AvgIpc) is 3.14. The highest BCUT2D eigenvalue weighted by atomic mass is 35.5. The Balaban J connectivity index is 2.03. The van der Waals surface area contributed by atoms with E-state index in [2.05, 4.69) is 0 Å². The molecule has 0 atom stereocenters. The van der Waals surface area contributed by atoms with E-state index in [-0.39, 0.29) is 30.3 Å². The number of ether oxygens (including phenoxy) is 1. The van der Waals surface area contributed by atoms with E-state index < -0.39 is 20.5 Å². The second kappa shape index (κ2) is 7.46. The van der Waals surface area contributed by atoms with Crippen molar-refractivity contribution in [2.75, 3.05) is 13.2 Å². The molecule has 0 saturated carbocycles. The number of sulfone groups is 1. The molecular formula is C16H15Cl2NO5S2. The van der Waals surface area contributed by atoms with Gasteiger partial charge in [0.2, 0.25) is 9.84 Å². The van der Waals surface area contributed by atoms with Crippen molar-refractivity contribution in [3.8, 4) is 11.1 Å². The summed E-state index contributed by atoms with van der Waals surface area (Å²) in [6.07, 6.45) is -0.0521. The van der Waals surface area contributed by atoms with Crippen molar-refractivity contribution < 1.29 is 23.2 Å². The molecule has 1 amide bonds. The summed E-state index contributed by atoms with van der Waals surface area (Å²) < 4.78 is 29.9. The number of rotatable bonds is 4. The molecule has 26 heavy (non-hydrogen) atoms. The maximum absolute atomic E-state index is 13.2. The number of hydroxylamine groups is 1. The van der Waals surface area contributed by atoms with Crippen LogP contribution in [0.3, 0.4) is 0 Å². The van der Waals surface area contributed by atoms with Crippen LogP contribution in [0.1, 0.15) is 12.8 Å². The predicted molar refractivity (Wildman–Crippen MR) is 99.7 cm³/mol. The maximum atomic E-state index is 13.2. The zero-order valence-corrected chi connectivity index (χ0v) is 16.5. The van der Waals surface area contributed by atoms with Crippen molar-refractivity contribution in [3.05, 3.63) is 39.7 Å². The molecule has 0 unspecified atom stereocenters. The van der Waals surface area contributed by atoms with Crippen molar-refractivity contribution in [2.24, 2.45) is 0 Å². The lowest BCUT2D eigenvalue weighted by molar-refractivity contribution is -0.134. The van der Waals surface area contributed by atoms with Crippen LogP contribution in [0.5, 0.6) is 0 Å². The number of amides is 1. The van der Waals surface area contributed by atoms with Gasteiger partial charge < -0.3 is 4.74 Å². The highest BCUT2D eigenvalue weighted by Crippen LogP contribution is 2.40. The molecule has 3 rings (SSSR count). The van der Waals surface area contributed by atoms with Gasteiger partial charge in [0, 0.05) is 13.2 Å². The minimum absolute atomic E-state index is 0.0261. The standard InChI is InChI=1S/C16H15Cl2NO5S2/c17-12-2-1-10(7-13(12)18)11-8-14(25-9-11)26(22,23)16(15(20)19-21)3-5-24-6-4-16/h1-2,7-9,21H,3-6H2,(H,19,20). The SMILES string of the molecule is O=C(NO)C1(S(=O)(=O)c2cc(-c3ccc(Cl)c(Cl)c3)cs2)CCOCC1. The van der Waals surface area contributed by atoms with Crippen LogP contribution >= 0.6 is 34.5 Å². The lowest BCUT2D eigenvalue weighted by atomic mass is 9.98. The Labute approximate surface area is 164 Å². The normalized spacial score (nSPS) is 17.0. The molecule has 2 aromatic rings. The molecule has 0 bridgehead atoms. The van der Waals surface area contributed by atoms with Gasteiger partial charge in [0.15, 0.2) is 4.75 Å². The molecule has 1 saturated heterocycles. The van der Waals surface area contributed by atoms with Gasteiger partial charge in [0.25, 0.3) is 5.91 Å². The summed E-state index contributed by atoms with van der Waals surface area (Å²) in [5.41, 5.74) is 2.87. The van der Waals surface area contributed by atoms with Crippen molar-refractivity contribution in [3.63, 3.8) is 0 Å². The number of thiophene rings is 1. The minimum Gasteiger partial charge on any atom is -0.381 e. The Kier molecular flexibility index (Phi) is 5.62. The zero-order chi connectivity index (χ0) is 18.9. The minimum atomic E-state index is -4.03. The van der Waals surface area contributed by atoms with Gasteiger partial charge in [-0.15, -0.1) is 11.3 Å². The maximum Gasteiger partial charge on any atom is 0.265 e. The summed E-state index contributed by atoms with van der Waals surface area (Å²) in [5.74, 6) is -0.940. The van der Waals surface area contributed by atoms with Crippen molar-refractivity contribution in [1.82, 2.24) is 5.48 Å². The first-order valence-corrected chi connectivity index (χ1v) is 10.7. The van der Waals surface area contributed by atoms with E-state index >= 15 is 0 Å². The number of benzene rings is 1. The van der Waals surface area contributed by atoms with Crippen molar-refractivity contribution in [2.45, 2.75) is 21.8 Å². The number of halogens is 2. The Morgan fingerprint density at radius 3 is 2.46 bits per heavy atom. The monoisotopic (exact) mass is 435 g/mol. The molecule has 1 aliphatic rings. The summed E-state index contributed by atoms with van der Waals surface area (Å²) in [5, 5.41) is 11.5. The largest absolute Gasteiger partial charge is 0.381 e. The second-order valence-electron chi connectivity index (χ2n) is 5.83. The third-order valence-corrected chi connectivity index (χ3v) is 9.10. The molecule has 1 aromatic heterocycles. The topological polar surface area (TPSA) is 92.7 Å². The number of hydrogen-bond donors (Lipinski definition) is 2. The lowest BCUT2D eigenvalue weighted by Gasteiger charge is -2.33. The van der Waals surface area contributed by atoms with Crippen LogP contribution in [0.4, 0.5) is 0 Å². The third-order valence-electron chi connectivity index (χ3n) is 4.42. The lowest BCUT2D eigenvalue weighted by Crippen LogP contribution is -2.54. The van der Waals surface area contributed by atoms with Crippen molar-refractivity contribution >= 4 is 50.3 Å². The van der Waals surface area contributed by atoms with Gasteiger partial charge in [-0.25, -0.2) is 13.9 Å². The summed E-state index contributed by atoms with van der Waals surface area (Å²) in [7, 11) is -4.03. The van der Waals surface area contributed by atoms with Crippen LogP contribution in [0, 0.1) is 0 Å². The van der Waals surface area contributed by atoms with Crippen LogP contribution < -0.4 is 5.48 Å². The predicted octanol–water partition coefficient (Wildman–Crippen LogP) is 3.55. The van der Waals surface area contributed by atoms with Gasteiger partial charge in [-0.1, -0.05) is 29.3 Å². The highest BCUT2D eigenvalue weighted by Gasteiger charge is 2.52. The van der Waals surface area contributed by atoms with Gasteiger partial charge in [-0.2, -0.15) is 0 Å². The molecule has 6 nitrogen and oxygen atoms in total. The van der Waals surface area contributed by atoms with E-state index in [0.717, 1.165) is 11.3 Å². The first kappa shape index (κ1) is 19.6. The molecule has 2 N–H and O–H groups in total. The van der Waals surface area contributed by atoms with E-state index in [9.17, 15) is 13.2 Å². The second-order valence-corrected chi connectivity index (χ2v) is 10.0. The van der Waals surface area contributed by atoms with E-state index in [0.29, 0.717) is 21.2 Å². The summed E-state index contributed by atoms with van der Waals surface area (Å²) in [6.45, 7) is 0.245. The van der Waals surface area contributed by atoms with E-state index in [1.165, 1.54) is 11.5 Å². The van der Waals surface area contributed by atoms with Crippen LogP contribution in [0.15, 0.2) is 33.9 Å². The number of carbonyl (C=O) groups is 1. The Hall–Kier alpha value is -1.16. The molecule has 1 fully saturated rings. The van der Waals surface area contributed by atoms with Gasteiger partial charge in [-0.05, 0) is 47.5 Å². The van der Waals surface area contributed by atoms with E-state index in [1.54, 1.807) is 23.6 Å². The van der Waals surface area contributed by atoms with Crippen LogP contribution in [-0.2, 0) is 19.4 Å². The van der Waals surface area contributed by atoms with E-state index in [4.69, 9.17) is 33.1 Å². The third kappa shape index (κ3) is 3.26. The number of hydrogen-bond acceptors (Lipinski definition) is 6. The molecule has 1 aliphatic heterocycles. The smallest absolute Gasteiger partial charge is 0.265 e. The van der Waals surface area contributed by atoms with E-state index in [1.807, 2.05) is 0 Å². The molecule has 0 aliphatic carbocycles. The molecule has 0 spiro atoms. The molecule has 0 radical (unpaired) electrons. The fourth-order valence-electron chi connectivity index (χ4n) is 2.90. The molecule has 10 heteroatoms. The van der Waals surface area contributed by atoms with Gasteiger partial charge in [0.05, 0.1) is 10.0 Å². The Morgan fingerprint density at radius 1 is 1.15 bits per heavy atom. The quantitative estimate of drug-likeness (QED) is 0.565. The Morgan fingerprint density at radius 2 is 1.85 bits per heavy atom. The molecule has 140 valence electrons. The van der Waals surface area contributed by atoms with Gasteiger partial charge in [0.1, 0.15) is 4.21 Å². The summed E-state index contributed by atoms with van der Waals surface area (Å²) in [6, 6.07) is 6.51. The first-order chi connectivity index (χ1) is 12.3. The number of nitrogens with one attached hydrogen (secondary N) is 1. The summed E-state index contributed by atoms with van der Waals surface area (Å²) >= 11 is 12.9. The molecule has 1 aromatic carbocycles. The first-order valence-electron chi connectivity index (χ1n) is 7.63. The van der Waals surface area contributed by atoms with Crippen LogP contribution in [0.2, 0.25) is 10.0 Å². The fraction of sp³-hybridized carbons (Fsp3) is 0.312. The highest BCUT2D eigenvalue weighted by molar-refractivity contribution is 7.95. The fourth-order valence-corrected chi connectivity index (χ4v) is 6.63. The van der Waals surface area contributed by atoms with Crippen LogP contribution in [-0.4, -0.2) is 37.5 Å². The molecular weight excluding hydrogens is 421 g/mol. The Bertz CT molecular complexity index is 936. The zero-order valence-electron chi connectivity index (χ0n) is 13.4. The van der Waals surface area contributed by atoms with Gasteiger partial charge in [-0.3, -0.25) is 10.0 Å². The van der Waals surface area contributed by atoms with Crippen molar-refractivity contribution in [1.29, 1.82) is 0 Å². The number of carbonyl (C=O) groups excluding carboxylic acids is 1. The average molecular weight is 436 g/mol. The van der Waals surface area contributed by atoms with Crippen LogP contribution in [0.25, 0.3) is 11.1 Å².